The minimum absolute atomic E-state index is 0.0633. The van der Waals surface area contributed by atoms with Gasteiger partial charge in [-0.2, -0.15) is 9.40 Å². The number of H-pyrrole nitrogens is 1. The summed E-state index contributed by atoms with van der Waals surface area (Å²) in [6.45, 7) is 0. The maximum atomic E-state index is 13.2. The summed E-state index contributed by atoms with van der Waals surface area (Å²) in [5, 5.41) is 6.67. The minimum Gasteiger partial charge on any atom is -0.282 e. The van der Waals surface area contributed by atoms with Gasteiger partial charge in [-0.15, -0.1) is 0 Å². The summed E-state index contributed by atoms with van der Waals surface area (Å²) in [4.78, 5) is -0.197. The van der Waals surface area contributed by atoms with Crippen molar-refractivity contribution in [2.45, 2.75) is 49.1 Å². The molecular weight excluding hydrogens is 410 g/mol. The van der Waals surface area contributed by atoms with Gasteiger partial charge in [0.1, 0.15) is 0 Å². The fourth-order valence-electron chi connectivity index (χ4n) is 3.37. The number of nitrogens with one attached hydrogen (secondary N) is 1. The maximum Gasteiger partial charge on any atom is 0.243 e. The van der Waals surface area contributed by atoms with E-state index in [0.29, 0.717) is 5.69 Å². The highest BCUT2D eigenvalue weighted by atomic mass is 35.5. The zero-order valence-corrected chi connectivity index (χ0v) is 15.4. The number of halogens is 5. The molecule has 0 fully saturated rings. The number of hydrogen-bond acceptors (Lipinski definition) is 3. The van der Waals surface area contributed by atoms with Crippen molar-refractivity contribution in [3.63, 3.8) is 0 Å². The summed E-state index contributed by atoms with van der Waals surface area (Å²) in [5.41, 5.74) is 0.673. The third-order valence-corrected chi connectivity index (χ3v) is 6.69. The van der Waals surface area contributed by atoms with E-state index in [-0.39, 0.29) is 21.9 Å². The standard InChI is InChI=1S/C16H16ClF4N3O2S/c17-9-1-3-11(4-2-9)27(25,26)24-10(6-15(18)19)5-13-12(8-22-23-13)14(24)7-16(20)21/h1-4,8,10,14-16H,5-7H2,(H,22,23). The van der Waals surface area contributed by atoms with E-state index in [1.165, 1.54) is 30.5 Å². The molecular formula is C16H16ClF4N3O2S. The molecule has 1 aliphatic rings. The number of nitrogens with zero attached hydrogens (tertiary/aromatic N) is 2. The van der Waals surface area contributed by atoms with Gasteiger partial charge in [-0.3, -0.25) is 5.10 Å². The third-order valence-electron chi connectivity index (χ3n) is 4.46. The Hall–Kier alpha value is -1.65. The topological polar surface area (TPSA) is 66.1 Å². The number of aromatic amines is 1. The Morgan fingerprint density at radius 1 is 1.15 bits per heavy atom. The zero-order valence-electron chi connectivity index (χ0n) is 13.8. The van der Waals surface area contributed by atoms with Crippen molar-refractivity contribution in [1.82, 2.24) is 14.5 Å². The fraction of sp³-hybridized carbons (Fsp3) is 0.438. The van der Waals surface area contributed by atoms with Gasteiger partial charge in [0.25, 0.3) is 0 Å². The third kappa shape index (κ3) is 4.12. The molecule has 1 aliphatic heterocycles. The Balaban J connectivity index is 2.11. The number of benzene rings is 1. The molecule has 0 amide bonds. The molecule has 27 heavy (non-hydrogen) atoms. The summed E-state index contributed by atoms with van der Waals surface area (Å²) < 4.78 is 79.8. The molecule has 0 saturated heterocycles. The highest BCUT2D eigenvalue weighted by molar-refractivity contribution is 7.89. The molecule has 1 aromatic heterocycles. The second kappa shape index (κ2) is 7.76. The number of aromatic nitrogens is 2. The zero-order chi connectivity index (χ0) is 19.8. The first-order valence-electron chi connectivity index (χ1n) is 8.07. The first kappa shape index (κ1) is 20.1. The summed E-state index contributed by atoms with van der Waals surface area (Å²) >= 11 is 5.78. The molecule has 11 heteroatoms. The maximum absolute atomic E-state index is 13.2. The lowest BCUT2D eigenvalue weighted by Gasteiger charge is -2.40. The Morgan fingerprint density at radius 3 is 2.37 bits per heavy atom. The Kier molecular flexibility index (Phi) is 5.78. The van der Waals surface area contributed by atoms with Crippen LogP contribution in [-0.4, -0.2) is 41.8 Å². The van der Waals surface area contributed by atoms with E-state index >= 15 is 0 Å². The molecule has 0 saturated carbocycles. The van der Waals surface area contributed by atoms with Crippen molar-refractivity contribution >= 4 is 21.6 Å². The summed E-state index contributed by atoms with van der Waals surface area (Å²) in [7, 11) is -4.32. The number of rotatable bonds is 6. The number of sulfonamides is 1. The minimum atomic E-state index is -4.32. The van der Waals surface area contributed by atoms with Gasteiger partial charge >= 0.3 is 0 Å². The molecule has 2 aromatic rings. The van der Waals surface area contributed by atoms with Gasteiger partial charge in [-0.1, -0.05) is 11.6 Å². The molecule has 2 unspecified atom stereocenters. The van der Waals surface area contributed by atoms with E-state index in [4.69, 9.17) is 11.6 Å². The largest absolute Gasteiger partial charge is 0.282 e. The second-order valence-electron chi connectivity index (χ2n) is 6.22. The average molecular weight is 426 g/mol. The second-order valence-corrected chi connectivity index (χ2v) is 8.50. The monoisotopic (exact) mass is 425 g/mol. The van der Waals surface area contributed by atoms with Crippen LogP contribution in [0.4, 0.5) is 17.6 Å². The van der Waals surface area contributed by atoms with Crippen LogP contribution in [0.5, 0.6) is 0 Å². The molecule has 0 bridgehead atoms. The van der Waals surface area contributed by atoms with E-state index in [2.05, 4.69) is 10.2 Å². The van der Waals surface area contributed by atoms with Crippen LogP contribution in [0.2, 0.25) is 5.02 Å². The molecule has 0 aliphatic carbocycles. The van der Waals surface area contributed by atoms with Crippen LogP contribution in [0.15, 0.2) is 35.4 Å². The highest BCUT2D eigenvalue weighted by Crippen LogP contribution is 2.41. The smallest absolute Gasteiger partial charge is 0.243 e. The van der Waals surface area contributed by atoms with Gasteiger partial charge in [-0.25, -0.2) is 26.0 Å². The lowest BCUT2D eigenvalue weighted by atomic mass is 9.93. The van der Waals surface area contributed by atoms with Crippen LogP contribution in [-0.2, 0) is 16.4 Å². The highest BCUT2D eigenvalue weighted by Gasteiger charge is 2.45. The number of fused-ring (bicyclic) bond motifs is 1. The van der Waals surface area contributed by atoms with Gasteiger partial charge in [0.05, 0.1) is 17.1 Å². The summed E-state index contributed by atoms with van der Waals surface area (Å²) in [6, 6.07) is 2.65. The van der Waals surface area contributed by atoms with E-state index in [9.17, 15) is 26.0 Å². The lowest BCUT2D eigenvalue weighted by Crippen LogP contribution is -2.48. The normalized spacial score (nSPS) is 21.0. The first-order valence-corrected chi connectivity index (χ1v) is 9.89. The van der Waals surface area contributed by atoms with Crippen LogP contribution in [0.3, 0.4) is 0 Å². The van der Waals surface area contributed by atoms with Crippen molar-refractivity contribution in [2.75, 3.05) is 0 Å². The SMILES string of the molecule is O=S(=O)(c1ccc(Cl)cc1)N1C(CC(F)F)Cc2[nH]ncc2C1CC(F)F. The van der Waals surface area contributed by atoms with E-state index < -0.39 is 47.8 Å². The molecule has 0 spiro atoms. The first-order chi connectivity index (χ1) is 12.7. The molecule has 1 N–H and O–H groups in total. The van der Waals surface area contributed by atoms with Gasteiger partial charge < -0.3 is 0 Å². The van der Waals surface area contributed by atoms with Crippen LogP contribution in [0.1, 0.15) is 30.1 Å². The number of hydrogen-bond donors (Lipinski definition) is 1. The fourth-order valence-corrected chi connectivity index (χ4v) is 5.31. The van der Waals surface area contributed by atoms with Gasteiger partial charge in [-0.05, 0) is 24.3 Å². The molecule has 5 nitrogen and oxygen atoms in total. The summed E-state index contributed by atoms with van der Waals surface area (Å²) in [5.74, 6) is 0. The van der Waals surface area contributed by atoms with Gasteiger partial charge in [0, 0.05) is 41.6 Å². The van der Waals surface area contributed by atoms with Crippen molar-refractivity contribution in [3.8, 4) is 0 Å². The summed E-state index contributed by atoms with van der Waals surface area (Å²) in [6.07, 6.45) is -6.01. The molecule has 2 atom stereocenters. The molecule has 0 radical (unpaired) electrons. The van der Waals surface area contributed by atoms with Gasteiger partial charge in [0.2, 0.25) is 22.9 Å². The average Bonchev–Trinajstić information content (AvgIpc) is 3.02. The van der Waals surface area contributed by atoms with Crippen molar-refractivity contribution < 1.29 is 26.0 Å². The quantitative estimate of drug-likeness (QED) is 0.710. The molecule has 3 rings (SSSR count). The van der Waals surface area contributed by atoms with Crippen molar-refractivity contribution in [3.05, 3.63) is 46.7 Å². The van der Waals surface area contributed by atoms with Crippen LogP contribution < -0.4 is 0 Å². The molecule has 148 valence electrons. The van der Waals surface area contributed by atoms with Crippen LogP contribution >= 0.6 is 11.6 Å². The van der Waals surface area contributed by atoms with Crippen LogP contribution in [0, 0.1) is 0 Å². The Labute approximate surface area is 158 Å². The van der Waals surface area contributed by atoms with E-state index in [1.807, 2.05) is 0 Å². The number of alkyl halides is 4. The van der Waals surface area contributed by atoms with Crippen molar-refractivity contribution in [2.24, 2.45) is 0 Å². The Bertz CT molecular complexity index is 889. The van der Waals surface area contributed by atoms with E-state index in [1.54, 1.807) is 0 Å². The Morgan fingerprint density at radius 2 is 1.78 bits per heavy atom. The van der Waals surface area contributed by atoms with E-state index in [0.717, 1.165) is 4.31 Å². The molecule has 2 heterocycles. The lowest BCUT2D eigenvalue weighted by molar-refractivity contribution is 0.0640. The van der Waals surface area contributed by atoms with Gasteiger partial charge in [0.15, 0.2) is 0 Å². The predicted octanol–water partition coefficient (Wildman–Crippen LogP) is 4.03. The van der Waals surface area contributed by atoms with Crippen molar-refractivity contribution in [1.29, 1.82) is 0 Å². The van der Waals surface area contributed by atoms with Crippen LogP contribution in [0.25, 0.3) is 0 Å². The predicted molar refractivity (Wildman–Crippen MR) is 90.5 cm³/mol. The molecule has 1 aromatic carbocycles.